The van der Waals surface area contributed by atoms with Crippen molar-refractivity contribution < 1.29 is 13.2 Å². The van der Waals surface area contributed by atoms with E-state index in [1.807, 2.05) is 6.92 Å². The smallest absolute Gasteiger partial charge is 0.241 e. The Balaban J connectivity index is 2.02. The third-order valence-corrected chi connectivity index (χ3v) is 4.87. The van der Waals surface area contributed by atoms with Crippen molar-refractivity contribution in [2.24, 2.45) is 0 Å². The van der Waals surface area contributed by atoms with Crippen LogP contribution in [0, 0.1) is 0 Å². The molecule has 2 rings (SSSR count). The fourth-order valence-electron chi connectivity index (χ4n) is 2.07. The highest BCUT2D eigenvalue weighted by molar-refractivity contribution is 7.89. The van der Waals surface area contributed by atoms with Crippen molar-refractivity contribution in [1.29, 1.82) is 0 Å². The van der Waals surface area contributed by atoms with Crippen molar-refractivity contribution in [3.05, 3.63) is 18.3 Å². The molecule has 0 unspecified atom stereocenters. The minimum Gasteiger partial charge on any atom is -0.381 e. The molecule has 6 nitrogen and oxygen atoms in total. The molecule has 1 aliphatic rings. The van der Waals surface area contributed by atoms with E-state index in [0.29, 0.717) is 5.82 Å². The first kappa shape index (κ1) is 15.2. The van der Waals surface area contributed by atoms with E-state index >= 15 is 0 Å². The normalized spacial score (nSPS) is 22.3. The molecule has 0 aliphatic heterocycles. The molecule has 0 radical (unpaired) electrons. The lowest BCUT2D eigenvalue weighted by atomic mass is 9.90. The molecule has 1 saturated carbocycles. The first-order valence-electron chi connectivity index (χ1n) is 6.80. The summed E-state index contributed by atoms with van der Waals surface area (Å²) >= 11 is 0. The number of rotatable bonds is 7. The van der Waals surface area contributed by atoms with Gasteiger partial charge in [0.2, 0.25) is 10.0 Å². The summed E-state index contributed by atoms with van der Waals surface area (Å²) in [6.07, 6.45) is 4.08. The highest BCUT2D eigenvalue weighted by Crippen LogP contribution is 2.24. The Bertz CT molecular complexity index is 542. The van der Waals surface area contributed by atoms with Crippen LogP contribution in [0.25, 0.3) is 0 Å². The van der Waals surface area contributed by atoms with Crippen LogP contribution in [0.15, 0.2) is 23.2 Å². The minimum absolute atomic E-state index is 0.0369. The van der Waals surface area contributed by atoms with Crippen molar-refractivity contribution in [3.8, 4) is 0 Å². The summed E-state index contributed by atoms with van der Waals surface area (Å²) in [6.45, 7) is 2.81. The number of nitrogens with zero attached hydrogens (tertiary/aromatic N) is 1. The van der Waals surface area contributed by atoms with E-state index in [-0.39, 0.29) is 17.0 Å². The molecule has 0 saturated heterocycles. The summed E-state index contributed by atoms with van der Waals surface area (Å²) < 4.78 is 32.3. The maximum absolute atomic E-state index is 12.2. The van der Waals surface area contributed by atoms with E-state index in [2.05, 4.69) is 15.0 Å². The van der Waals surface area contributed by atoms with Gasteiger partial charge in [0.25, 0.3) is 0 Å². The topological polar surface area (TPSA) is 80.3 Å². The molecule has 0 bridgehead atoms. The van der Waals surface area contributed by atoms with E-state index in [0.717, 1.165) is 25.8 Å². The Morgan fingerprint density at radius 2 is 2.20 bits per heavy atom. The number of pyridine rings is 1. The molecule has 0 aromatic carbocycles. The second-order valence-corrected chi connectivity index (χ2v) is 6.66. The van der Waals surface area contributed by atoms with Gasteiger partial charge in [-0.3, -0.25) is 0 Å². The number of aromatic nitrogens is 1. The van der Waals surface area contributed by atoms with Gasteiger partial charge in [-0.25, -0.2) is 18.1 Å². The maximum atomic E-state index is 12.2. The molecule has 1 aliphatic carbocycles. The number of ether oxygens (including phenoxy) is 1. The average Bonchev–Trinajstić information content (AvgIpc) is 2.40. The molecule has 0 amide bonds. The SMILES string of the molecule is CCCNc1cc(S(=O)(=O)NC2CC(OC)C2)ccn1. The van der Waals surface area contributed by atoms with Gasteiger partial charge in [0.15, 0.2) is 0 Å². The van der Waals surface area contributed by atoms with Crippen LogP contribution in [-0.4, -0.2) is 39.2 Å². The predicted molar refractivity (Wildman–Crippen MR) is 77.2 cm³/mol. The van der Waals surface area contributed by atoms with Crippen LogP contribution in [-0.2, 0) is 14.8 Å². The Kier molecular flexibility index (Phi) is 4.95. The second kappa shape index (κ2) is 6.51. The zero-order valence-corrected chi connectivity index (χ0v) is 12.6. The van der Waals surface area contributed by atoms with Crippen LogP contribution in [0.1, 0.15) is 26.2 Å². The Labute approximate surface area is 120 Å². The molecule has 1 aromatic rings. The standard InChI is InChI=1S/C13H21N3O3S/c1-3-5-14-13-9-12(4-6-15-13)20(17,18)16-10-7-11(8-10)19-2/h4,6,9-11,16H,3,5,7-8H2,1-2H3,(H,14,15). The minimum atomic E-state index is -3.49. The monoisotopic (exact) mass is 299 g/mol. The zero-order valence-electron chi connectivity index (χ0n) is 11.8. The van der Waals surface area contributed by atoms with Gasteiger partial charge >= 0.3 is 0 Å². The van der Waals surface area contributed by atoms with Crippen molar-refractivity contribution in [1.82, 2.24) is 9.71 Å². The maximum Gasteiger partial charge on any atom is 0.241 e. The first-order chi connectivity index (χ1) is 9.55. The number of sulfonamides is 1. The van der Waals surface area contributed by atoms with Gasteiger partial charge in [-0.05, 0) is 25.3 Å². The zero-order chi connectivity index (χ0) is 14.6. The van der Waals surface area contributed by atoms with E-state index in [1.165, 1.54) is 12.3 Å². The second-order valence-electron chi connectivity index (χ2n) is 4.95. The fraction of sp³-hybridized carbons (Fsp3) is 0.615. The number of nitrogens with one attached hydrogen (secondary N) is 2. The van der Waals surface area contributed by atoms with E-state index in [9.17, 15) is 8.42 Å². The number of hydrogen-bond donors (Lipinski definition) is 2. The van der Waals surface area contributed by atoms with Crippen LogP contribution < -0.4 is 10.0 Å². The molecule has 1 aromatic heterocycles. The third kappa shape index (κ3) is 3.68. The highest BCUT2D eigenvalue weighted by atomic mass is 32.2. The molecule has 0 atom stereocenters. The van der Waals surface area contributed by atoms with Gasteiger partial charge in [0, 0.05) is 32.0 Å². The van der Waals surface area contributed by atoms with Crippen molar-refractivity contribution in [2.75, 3.05) is 19.0 Å². The Morgan fingerprint density at radius 3 is 2.85 bits per heavy atom. The molecule has 20 heavy (non-hydrogen) atoms. The van der Waals surface area contributed by atoms with Crippen LogP contribution in [0.4, 0.5) is 5.82 Å². The van der Waals surface area contributed by atoms with Gasteiger partial charge < -0.3 is 10.1 Å². The van der Waals surface area contributed by atoms with Gasteiger partial charge in [0.1, 0.15) is 5.82 Å². The lowest BCUT2D eigenvalue weighted by Gasteiger charge is -2.34. The van der Waals surface area contributed by atoms with Crippen molar-refractivity contribution in [3.63, 3.8) is 0 Å². The van der Waals surface area contributed by atoms with E-state index < -0.39 is 10.0 Å². The van der Waals surface area contributed by atoms with E-state index in [1.54, 1.807) is 13.2 Å². The van der Waals surface area contributed by atoms with Crippen LogP contribution in [0.2, 0.25) is 0 Å². The third-order valence-electron chi connectivity index (χ3n) is 3.35. The molecule has 0 spiro atoms. The predicted octanol–water partition coefficient (Wildman–Crippen LogP) is 1.36. The first-order valence-corrected chi connectivity index (χ1v) is 8.28. The quantitative estimate of drug-likeness (QED) is 0.794. The van der Waals surface area contributed by atoms with E-state index in [4.69, 9.17) is 4.74 Å². The molecule has 1 heterocycles. The summed E-state index contributed by atoms with van der Waals surface area (Å²) in [5.41, 5.74) is 0. The number of anilines is 1. The van der Waals surface area contributed by atoms with Gasteiger partial charge in [0.05, 0.1) is 11.0 Å². The number of hydrogen-bond acceptors (Lipinski definition) is 5. The average molecular weight is 299 g/mol. The summed E-state index contributed by atoms with van der Waals surface area (Å²) in [5, 5.41) is 3.08. The lowest BCUT2D eigenvalue weighted by molar-refractivity contribution is 0.0236. The lowest BCUT2D eigenvalue weighted by Crippen LogP contribution is -2.47. The Morgan fingerprint density at radius 1 is 1.45 bits per heavy atom. The van der Waals surface area contributed by atoms with Gasteiger partial charge in [-0.2, -0.15) is 0 Å². The summed E-state index contributed by atoms with van der Waals surface area (Å²) in [5.74, 6) is 0.582. The van der Waals surface area contributed by atoms with Crippen molar-refractivity contribution in [2.45, 2.75) is 43.2 Å². The molecule has 7 heteroatoms. The molecule has 1 fully saturated rings. The molecule has 112 valence electrons. The van der Waals surface area contributed by atoms with Gasteiger partial charge in [-0.1, -0.05) is 6.92 Å². The van der Waals surface area contributed by atoms with Crippen LogP contribution in [0.5, 0.6) is 0 Å². The summed E-state index contributed by atoms with van der Waals surface area (Å²) in [7, 11) is -1.84. The fourth-order valence-corrected chi connectivity index (χ4v) is 3.34. The summed E-state index contributed by atoms with van der Waals surface area (Å²) in [6, 6.07) is 3.03. The summed E-state index contributed by atoms with van der Waals surface area (Å²) in [4.78, 5) is 4.35. The molecule has 2 N–H and O–H groups in total. The van der Waals surface area contributed by atoms with Crippen LogP contribution >= 0.6 is 0 Å². The highest BCUT2D eigenvalue weighted by Gasteiger charge is 2.32. The van der Waals surface area contributed by atoms with Crippen LogP contribution in [0.3, 0.4) is 0 Å². The van der Waals surface area contributed by atoms with Gasteiger partial charge in [-0.15, -0.1) is 0 Å². The van der Waals surface area contributed by atoms with Crippen molar-refractivity contribution >= 4 is 15.8 Å². The molecular weight excluding hydrogens is 278 g/mol. The number of methoxy groups -OCH3 is 1. The largest absolute Gasteiger partial charge is 0.381 e. The Hall–Kier alpha value is -1.18. The molecular formula is C13H21N3O3S.